The van der Waals surface area contributed by atoms with Gasteiger partial charge in [-0.15, -0.1) is 0 Å². The highest BCUT2D eigenvalue weighted by Gasteiger charge is 1.90. The summed E-state index contributed by atoms with van der Waals surface area (Å²) in [5.41, 5.74) is 0. The van der Waals surface area contributed by atoms with Crippen molar-refractivity contribution < 1.29 is 9.90 Å². The van der Waals surface area contributed by atoms with Crippen LogP contribution in [0.1, 0.15) is 84.0 Å². The third-order valence-electron chi connectivity index (χ3n) is 3.55. The van der Waals surface area contributed by atoms with Gasteiger partial charge >= 0.3 is 5.97 Å². The summed E-state index contributed by atoms with van der Waals surface area (Å²) in [6.45, 7) is 2.26. The molecule has 0 radical (unpaired) electrons. The Bertz CT molecular complexity index is 327. The number of carboxylic acids is 1. The predicted molar refractivity (Wildman–Crippen MR) is 96.1 cm³/mol. The molecular weight excluding hydrogens is 272 g/mol. The first kappa shape index (κ1) is 20.7. The molecule has 1 N–H and O–H groups in total. The highest BCUT2D eigenvalue weighted by atomic mass is 16.4. The number of unbranched alkanes of at least 4 members (excludes halogenated alkanes) is 8. The Morgan fingerprint density at radius 2 is 1.27 bits per heavy atom. The van der Waals surface area contributed by atoms with Gasteiger partial charge in [0.2, 0.25) is 0 Å². The van der Waals surface area contributed by atoms with E-state index in [1.54, 1.807) is 0 Å². The normalized spacial score (nSPS) is 12.0. The number of carbonyl (C=O) groups is 1. The van der Waals surface area contributed by atoms with Gasteiger partial charge in [-0.05, 0) is 32.1 Å². The fraction of sp³-hybridized carbons (Fsp3) is 0.650. The Balaban J connectivity index is 3.28. The van der Waals surface area contributed by atoms with E-state index in [9.17, 15) is 4.79 Å². The molecule has 0 rings (SSSR count). The molecule has 0 aliphatic carbocycles. The lowest BCUT2D eigenvalue weighted by Gasteiger charge is -1.98. The second-order valence-electron chi connectivity index (χ2n) is 5.75. The van der Waals surface area contributed by atoms with Crippen molar-refractivity contribution in [2.45, 2.75) is 84.0 Å². The van der Waals surface area contributed by atoms with Gasteiger partial charge in [0.15, 0.2) is 0 Å². The molecule has 0 saturated carbocycles. The minimum atomic E-state index is -0.736. The van der Waals surface area contributed by atoms with Gasteiger partial charge in [-0.2, -0.15) is 0 Å². The van der Waals surface area contributed by atoms with Crippen LogP contribution in [0.25, 0.3) is 0 Å². The van der Waals surface area contributed by atoms with E-state index in [1.807, 2.05) is 18.2 Å². The molecule has 22 heavy (non-hydrogen) atoms. The number of hydrogen-bond donors (Lipinski definition) is 1. The maximum atomic E-state index is 10.3. The van der Waals surface area contributed by atoms with Crippen LogP contribution in [-0.2, 0) is 4.79 Å². The molecular formula is C20H34O2. The van der Waals surface area contributed by atoms with E-state index in [1.165, 1.54) is 51.4 Å². The van der Waals surface area contributed by atoms with Gasteiger partial charge in [-0.25, -0.2) is 0 Å². The number of aliphatic carboxylic acids is 1. The maximum Gasteiger partial charge on any atom is 0.303 e. The molecule has 0 fully saturated rings. The first-order valence-electron chi connectivity index (χ1n) is 8.95. The molecule has 0 aromatic carbocycles. The van der Waals surface area contributed by atoms with Crippen molar-refractivity contribution in [2.24, 2.45) is 0 Å². The average Bonchev–Trinajstić information content (AvgIpc) is 2.50. The number of rotatable bonds is 15. The fourth-order valence-corrected chi connectivity index (χ4v) is 2.20. The topological polar surface area (TPSA) is 37.3 Å². The van der Waals surface area contributed by atoms with E-state index < -0.39 is 5.97 Å². The second-order valence-corrected chi connectivity index (χ2v) is 5.75. The summed E-state index contributed by atoms with van der Waals surface area (Å²) in [6.07, 6.45) is 26.4. The summed E-state index contributed by atoms with van der Waals surface area (Å²) in [5, 5.41) is 8.48. The Morgan fingerprint density at radius 3 is 1.95 bits per heavy atom. The maximum absolute atomic E-state index is 10.3. The zero-order valence-corrected chi connectivity index (χ0v) is 14.3. The quantitative estimate of drug-likeness (QED) is 0.215. The zero-order valence-electron chi connectivity index (χ0n) is 14.3. The Hall–Kier alpha value is -1.31. The lowest BCUT2D eigenvalue weighted by molar-refractivity contribution is -0.136. The lowest BCUT2D eigenvalue weighted by atomic mass is 10.1. The molecule has 0 unspecified atom stereocenters. The number of allylic oxidation sites excluding steroid dienone is 6. The van der Waals surface area contributed by atoms with Crippen LogP contribution in [0.4, 0.5) is 0 Å². The van der Waals surface area contributed by atoms with E-state index in [2.05, 4.69) is 25.2 Å². The van der Waals surface area contributed by atoms with Gasteiger partial charge in [-0.1, -0.05) is 81.9 Å². The first-order chi connectivity index (χ1) is 10.8. The smallest absolute Gasteiger partial charge is 0.303 e. The van der Waals surface area contributed by atoms with Crippen molar-refractivity contribution in [3.05, 3.63) is 36.5 Å². The van der Waals surface area contributed by atoms with Gasteiger partial charge in [0, 0.05) is 6.42 Å². The largest absolute Gasteiger partial charge is 0.481 e. The minimum Gasteiger partial charge on any atom is -0.481 e. The van der Waals surface area contributed by atoms with E-state index >= 15 is 0 Å². The third-order valence-corrected chi connectivity index (χ3v) is 3.55. The molecule has 0 aliphatic heterocycles. The van der Waals surface area contributed by atoms with E-state index in [0.29, 0.717) is 6.42 Å². The molecule has 0 amide bonds. The highest BCUT2D eigenvalue weighted by molar-refractivity contribution is 5.66. The number of carboxylic acid groups (broad SMARTS) is 1. The molecule has 0 atom stereocenters. The van der Waals surface area contributed by atoms with Crippen LogP contribution in [0.15, 0.2) is 36.5 Å². The van der Waals surface area contributed by atoms with Crippen molar-refractivity contribution in [3.8, 4) is 0 Å². The first-order valence-corrected chi connectivity index (χ1v) is 8.95. The van der Waals surface area contributed by atoms with Crippen LogP contribution in [0, 0.1) is 0 Å². The predicted octanol–water partition coefficient (Wildman–Crippen LogP) is 6.44. The Morgan fingerprint density at radius 1 is 0.727 bits per heavy atom. The van der Waals surface area contributed by atoms with Crippen LogP contribution >= 0.6 is 0 Å². The summed E-state index contributed by atoms with van der Waals surface area (Å²) in [5.74, 6) is -0.736. The van der Waals surface area contributed by atoms with Crippen molar-refractivity contribution in [1.82, 2.24) is 0 Å². The molecule has 126 valence electrons. The molecule has 0 aliphatic rings. The van der Waals surface area contributed by atoms with Gasteiger partial charge < -0.3 is 5.11 Å². The highest BCUT2D eigenvalue weighted by Crippen LogP contribution is 2.08. The van der Waals surface area contributed by atoms with Gasteiger partial charge in [0.25, 0.3) is 0 Å². The van der Waals surface area contributed by atoms with E-state index in [4.69, 9.17) is 5.11 Å². The Kier molecular flexibility index (Phi) is 16.7. The monoisotopic (exact) mass is 306 g/mol. The minimum absolute atomic E-state index is 0.214. The Labute approximate surface area is 137 Å². The molecule has 0 aromatic heterocycles. The van der Waals surface area contributed by atoms with Crippen LogP contribution in [-0.4, -0.2) is 11.1 Å². The van der Waals surface area contributed by atoms with Crippen molar-refractivity contribution >= 4 is 5.97 Å². The van der Waals surface area contributed by atoms with Gasteiger partial charge in [0.1, 0.15) is 0 Å². The summed E-state index contributed by atoms with van der Waals surface area (Å²) in [6, 6.07) is 0. The molecule has 2 heteroatoms. The van der Waals surface area contributed by atoms with Crippen LogP contribution in [0.5, 0.6) is 0 Å². The van der Waals surface area contributed by atoms with Gasteiger partial charge in [0.05, 0.1) is 0 Å². The third kappa shape index (κ3) is 18.7. The molecule has 0 heterocycles. The molecule has 0 aromatic rings. The van der Waals surface area contributed by atoms with E-state index in [-0.39, 0.29) is 6.42 Å². The van der Waals surface area contributed by atoms with Crippen LogP contribution in [0.2, 0.25) is 0 Å². The molecule has 0 saturated heterocycles. The van der Waals surface area contributed by atoms with Crippen LogP contribution in [0.3, 0.4) is 0 Å². The SMILES string of the molecule is CCCCCCCCC/C=C/CC/C=C/C=C/CCC(=O)O. The van der Waals surface area contributed by atoms with Crippen LogP contribution < -0.4 is 0 Å². The molecule has 2 nitrogen and oxygen atoms in total. The van der Waals surface area contributed by atoms with E-state index in [0.717, 1.165) is 12.8 Å². The van der Waals surface area contributed by atoms with Crippen molar-refractivity contribution in [2.75, 3.05) is 0 Å². The lowest BCUT2D eigenvalue weighted by Crippen LogP contribution is -1.91. The summed E-state index contributed by atoms with van der Waals surface area (Å²) >= 11 is 0. The van der Waals surface area contributed by atoms with Crippen molar-refractivity contribution in [3.63, 3.8) is 0 Å². The molecule has 0 spiro atoms. The zero-order chi connectivity index (χ0) is 16.3. The summed E-state index contributed by atoms with van der Waals surface area (Å²) in [4.78, 5) is 10.3. The standard InChI is InChI=1S/C20H34O2/c1-2-3-4-5-6-7-8-9-10-11-12-13-14-15-16-17-18-19-20(21)22/h10-11,14-17H,2-9,12-13,18-19H2,1H3,(H,21,22)/b11-10+,15-14+,17-16+. The summed E-state index contributed by atoms with van der Waals surface area (Å²) < 4.78 is 0. The second kappa shape index (κ2) is 17.7. The number of hydrogen-bond acceptors (Lipinski definition) is 1. The van der Waals surface area contributed by atoms with Gasteiger partial charge in [-0.3, -0.25) is 4.79 Å². The average molecular weight is 306 g/mol. The fourth-order valence-electron chi connectivity index (χ4n) is 2.20. The van der Waals surface area contributed by atoms with Crippen molar-refractivity contribution in [1.29, 1.82) is 0 Å². The summed E-state index contributed by atoms with van der Waals surface area (Å²) in [7, 11) is 0. The molecule has 0 bridgehead atoms.